The molecule has 0 aromatic rings. The Bertz CT molecular complexity index is 677. The third-order valence-corrected chi connectivity index (χ3v) is 7.47. The minimum atomic E-state index is -0.840. The molecule has 2 aliphatic carbocycles. The molecule has 0 bridgehead atoms. The monoisotopic (exact) mass is 420 g/mol. The summed E-state index contributed by atoms with van der Waals surface area (Å²) in [6, 6.07) is 0. The highest BCUT2D eigenvalue weighted by Gasteiger charge is 2.52. The second-order valence-corrected chi connectivity index (χ2v) is 10.2. The predicted molar refractivity (Wildman–Crippen MR) is 118 cm³/mol. The van der Waals surface area contributed by atoms with Gasteiger partial charge in [0.15, 0.2) is 6.10 Å². The van der Waals surface area contributed by atoms with Crippen LogP contribution >= 0.6 is 0 Å². The summed E-state index contributed by atoms with van der Waals surface area (Å²) in [5.41, 5.74) is 2.98. The average molecular weight is 421 g/mol. The molecule has 0 saturated heterocycles. The summed E-state index contributed by atoms with van der Waals surface area (Å²) in [7, 11) is 0. The maximum absolute atomic E-state index is 12.2. The third kappa shape index (κ3) is 5.96. The number of carbonyl (C=O) groups excluding carboxylic acids is 2. The molecule has 30 heavy (non-hydrogen) atoms. The lowest BCUT2D eigenvalue weighted by molar-refractivity contribution is -0.156. The summed E-state index contributed by atoms with van der Waals surface area (Å²) in [6.45, 7) is 14.4. The lowest BCUT2D eigenvalue weighted by Gasteiger charge is -2.58. The number of ether oxygens (including phenoxy) is 2. The van der Waals surface area contributed by atoms with Crippen LogP contribution in [0.15, 0.2) is 23.8 Å². The number of rotatable bonds is 8. The van der Waals surface area contributed by atoms with E-state index in [2.05, 4.69) is 27.4 Å². The number of aliphatic hydroxyl groups is 1. The number of allylic oxidation sites excluding steroid dienone is 2. The molecular weight excluding hydrogens is 380 g/mol. The molecule has 0 radical (unpaired) electrons. The first-order valence-corrected chi connectivity index (χ1v) is 11.3. The van der Waals surface area contributed by atoms with Crippen molar-refractivity contribution < 1.29 is 24.2 Å². The molecule has 2 fully saturated rings. The molecule has 1 N–H and O–H groups in total. The molecule has 2 saturated carbocycles. The van der Waals surface area contributed by atoms with Crippen molar-refractivity contribution in [1.29, 1.82) is 0 Å². The number of aliphatic hydroxyl groups excluding tert-OH is 1. The van der Waals surface area contributed by atoms with Crippen LogP contribution in [-0.4, -0.2) is 36.4 Å². The Hall–Kier alpha value is -1.62. The lowest BCUT2D eigenvalue weighted by Crippen LogP contribution is -2.49. The number of fused-ring (bicyclic) bond motifs is 1. The van der Waals surface area contributed by atoms with E-state index >= 15 is 0 Å². The van der Waals surface area contributed by atoms with Crippen LogP contribution in [0.4, 0.5) is 0 Å². The van der Waals surface area contributed by atoms with Crippen LogP contribution in [-0.2, 0) is 19.1 Å². The van der Waals surface area contributed by atoms with E-state index in [1.807, 2.05) is 6.92 Å². The summed E-state index contributed by atoms with van der Waals surface area (Å²) in [5, 5.41) is 9.31. The largest absolute Gasteiger partial charge is 0.462 e. The molecular formula is C25H40O5. The number of esters is 2. The smallest absolute Gasteiger partial charge is 0.331 e. The SMILES string of the molecule is C=C1CC[C@@H]2C(C)(C)CCC[C@@]2(C)[C@H]1CC/C(C)=C/C(=O)OC(CO)COC(C)=O. The van der Waals surface area contributed by atoms with Crippen LogP contribution in [0, 0.1) is 22.7 Å². The van der Waals surface area contributed by atoms with Crippen LogP contribution in [0.3, 0.4) is 0 Å². The van der Waals surface area contributed by atoms with Crippen LogP contribution in [0.25, 0.3) is 0 Å². The average Bonchev–Trinajstić information content (AvgIpc) is 2.63. The molecule has 0 heterocycles. The molecule has 0 amide bonds. The third-order valence-electron chi connectivity index (χ3n) is 7.47. The normalized spacial score (nSPS) is 29.7. The molecule has 5 heteroatoms. The van der Waals surface area contributed by atoms with Gasteiger partial charge in [0.05, 0.1) is 6.61 Å². The Morgan fingerprint density at radius 2 is 1.97 bits per heavy atom. The van der Waals surface area contributed by atoms with Gasteiger partial charge in [-0.15, -0.1) is 0 Å². The van der Waals surface area contributed by atoms with Gasteiger partial charge in [0.25, 0.3) is 0 Å². The lowest BCUT2D eigenvalue weighted by atomic mass is 9.47. The molecule has 5 nitrogen and oxygen atoms in total. The fraction of sp³-hybridized carbons (Fsp3) is 0.760. The molecule has 1 unspecified atom stereocenters. The Morgan fingerprint density at radius 3 is 2.60 bits per heavy atom. The first-order valence-electron chi connectivity index (χ1n) is 11.3. The maximum atomic E-state index is 12.2. The van der Waals surface area contributed by atoms with Crippen molar-refractivity contribution in [2.24, 2.45) is 22.7 Å². The Labute approximate surface area is 181 Å². The van der Waals surface area contributed by atoms with E-state index in [0.29, 0.717) is 11.3 Å². The van der Waals surface area contributed by atoms with Crippen molar-refractivity contribution in [3.63, 3.8) is 0 Å². The van der Waals surface area contributed by atoms with Gasteiger partial charge in [0.1, 0.15) is 6.61 Å². The number of hydrogen-bond donors (Lipinski definition) is 1. The molecule has 170 valence electrons. The highest BCUT2D eigenvalue weighted by Crippen LogP contribution is 2.61. The number of carbonyl (C=O) groups is 2. The van der Waals surface area contributed by atoms with Gasteiger partial charge in [0.2, 0.25) is 0 Å². The van der Waals surface area contributed by atoms with Gasteiger partial charge >= 0.3 is 11.9 Å². The summed E-state index contributed by atoms with van der Waals surface area (Å²) in [4.78, 5) is 23.1. The standard InChI is InChI=1S/C25H40O5/c1-17(14-23(28)30-20(15-26)16-29-19(3)27)8-10-21-18(2)9-11-22-24(4,5)12-7-13-25(21,22)6/h14,20-22,26H,2,7-13,15-16H2,1,3-6H3/b17-14+/t20?,21-,22+,25-/m0/s1. The molecule has 0 spiro atoms. The number of hydrogen-bond acceptors (Lipinski definition) is 5. The Balaban J connectivity index is 1.98. The van der Waals surface area contributed by atoms with Gasteiger partial charge in [-0.1, -0.05) is 44.9 Å². The minimum absolute atomic E-state index is 0.137. The Kier molecular flexibility index (Phi) is 8.32. The van der Waals surface area contributed by atoms with Crippen molar-refractivity contribution in [2.75, 3.05) is 13.2 Å². The quantitative estimate of drug-likeness (QED) is 0.341. The first kappa shape index (κ1) is 24.6. The Morgan fingerprint density at radius 1 is 1.27 bits per heavy atom. The predicted octanol–water partition coefficient (Wildman–Crippen LogP) is 4.98. The summed E-state index contributed by atoms with van der Waals surface area (Å²) >= 11 is 0. The molecule has 4 atom stereocenters. The van der Waals surface area contributed by atoms with Crippen LogP contribution in [0.1, 0.15) is 79.6 Å². The van der Waals surface area contributed by atoms with Gasteiger partial charge < -0.3 is 14.6 Å². The second-order valence-electron chi connectivity index (χ2n) is 10.2. The fourth-order valence-electron chi connectivity index (χ4n) is 5.99. The van der Waals surface area contributed by atoms with Crippen LogP contribution < -0.4 is 0 Å². The highest BCUT2D eigenvalue weighted by molar-refractivity contribution is 5.82. The van der Waals surface area contributed by atoms with Gasteiger partial charge in [0, 0.05) is 13.0 Å². The highest BCUT2D eigenvalue weighted by atomic mass is 16.6. The first-order chi connectivity index (χ1) is 14.0. The zero-order chi connectivity index (χ0) is 22.5. The van der Waals surface area contributed by atoms with Crippen molar-refractivity contribution in [3.8, 4) is 0 Å². The maximum Gasteiger partial charge on any atom is 0.331 e. The summed E-state index contributed by atoms with van der Waals surface area (Å²) < 4.78 is 10.0. The van der Waals surface area contributed by atoms with Gasteiger partial charge in [-0.25, -0.2) is 4.79 Å². The van der Waals surface area contributed by atoms with E-state index in [-0.39, 0.29) is 18.6 Å². The molecule has 0 aliphatic heterocycles. The fourth-order valence-corrected chi connectivity index (χ4v) is 5.99. The van der Waals surface area contributed by atoms with Crippen molar-refractivity contribution in [1.82, 2.24) is 0 Å². The van der Waals surface area contributed by atoms with Crippen LogP contribution in [0.5, 0.6) is 0 Å². The molecule has 0 aromatic carbocycles. The summed E-state index contributed by atoms with van der Waals surface area (Å²) in [5.74, 6) is 0.213. The van der Waals surface area contributed by atoms with Crippen molar-refractivity contribution in [3.05, 3.63) is 23.8 Å². The van der Waals surface area contributed by atoms with E-state index in [9.17, 15) is 14.7 Å². The van der Waals surface area contributed by atoms with E-state index in [4.69, 9.17) is 9.47 Å². The van der Waals surface area contributed by atoms with Crippen molar-refractivity contribution >= 4 is 11.9 Å². The molecule has 0 aromatic heterocycles. The summed E-state index contributed by atoms with van der Waals surface area (Å²) in [6.07, 6.45) is 8.64. The zero-order valence-electron chi connectivity index (χ0n) is 19.5. The van der Waals surface area contributed by atoms with E-state index < -0.39 is 18.0 Å². The van der Waals surface area contributed by atoms with Gasteiger partial charge in [-0.3, -0.25) is 4.79 Å². The van der Waals surface area contributed by atoms with Gasteiger partial charge in [-0.05, 0) is 68.1 Å². The van der Waals surface area contributed by atoms with E-state index in [1.54, 1.807) is 0 Å². The topological polar surface area (TPSA) is 72.8 Å². The van der Waals surface area contributed by atoms with E-state index in [0.717, 1.165) is 30.8 Å². The molecule has 2 aliphatic rings. The van der Waals surface area contributed by atoms with Gasteiger partial charge in [-0.2, -0.15) is 0 Å². The second kappa shape index (κ2) is 10.1. The minimum Gasteiger partial charge on any atom is -0.462 e. The zero-order valence-corrected chi connectivity index (χ0v) is 19.5. The van der Waals surface area contributed by atoms with Crippen LogP contribution in [0.2, 0.25) is 0 Å². The van der Waals surface area contributed by atoms with E-state index in [1.165, 1.54) is 44.3 Å². The molecule has 2 rings (SSSR count). The van der Waals surface area contributed by atoms with Crippen molar-refractivity contribution in [2.45, 2.75) is 85.7 Å².